The summed E-state index contributed by atoms with van der Waals surface area (Å²) in [5, 5.41) is 9.15. The Morgan fingerprint density at radius 3 is 1.16 bits per heavy atom. The van der Waals surface area contributed by atoms with E-state index in [1.54, 1.807) is 24.3 Å². The second-order valence-electron chi connectivity index (χ2n) is 10.9. The smallest absolute Gasteiger partial charge is 0.336 e. The maximum absolute atomic E-state index is 11.7. The molecule has 0 spiro atoms. The topological polar surface area (TPSA) is 98.3 Å². The van der Waals surface area contributed by atoms with Crippen molar-refractivity contribution >= 4 is 46.2 Å². The third-order valence-corrected chi connectivity index (χ3v) is 7.02. The lowest BCUT2D eigenvalue weighted by molar-refractivity contribution is -0.134. The van der Waals surface area contributed by atoms with E-state index >= 15 is 0 Å². The number of azo groups is 1. The van der Waals surface area contributed by atoms with Gasteiger partial charge in [-0.3, -0.25) is 4.79 Å². The molecule has 360 valence electrons. The zero-order chi connectivity index (χ0) is 51.4. The average Bonchev–Trinajstić information content (AvgIpc) is 3.44. The molecule has 0 radical (unpaired) electrons. The van der Waals surface area contributed by atoms with Crippen LogP contribution in [0.5, 0.6) is 0 Å². The van der Waals surface area contributed by atoms with Gasteiger partial charge in [0.15, 0.2) is 5.78 Å². The molecule has 0 aliphatic carbocycles. The molecule has 67 heavy (non-hydrogen) atoms. The van der Waals surface area contributed by atoms with Crippen LogP contribution in [0.15, 0.2) is 220 Å². The van der Waals surface area contributed by atoms with Crippen molar-refractivity contribution in [2.75, 3.05) is 7.11 Å². The molecule has 0 fully saturated rings. The SMILES string of the molecule is CC.CC.CC.CC.CC.CC.CC.COC(=O)/C=C/c1ccccc1.O=C(/C=C/c1ccccc1)c1ccccc1.O=c1ccc2ccccc2o1.c1ccc(N=Nc2ccccc2)cc1. The van der Waals surface area contributed by atoms with Crippen molar-refractivity contribution < 1.29 is 18.7 Å². The number of esters is 1. The maximum atomic E-state index is 11.7. The van der Waals surface area contributed by atoms with Crippen LogP contribution in [0.3, 0.4) is 0 Å². The Bertz CT molecular complexity index is 2210. The van der Waals surface area contributed by atoms with Gasteiger partial charge in [-0.15, -0.1) is 0 Å². The van der Waals surface area contributed by atoms with Crippen LogP contribution < -0.4 is 5.63 Å². The van der Waals surface area contributed by atoms with Gasteiger partial charge in [-0.05, 0) is 59.7 Å². The zero-order valence-electron chi connectivity index (χ0n) is 43.1. The van der Waals surface area contributed by atoms with Crippen molar-refractivity contribution in [2.45, 2.75) is 96.9 Å². The third kappa shape index (κ3) is 34.8. The Morgan fingerprint density at radius 2 is 0.761 bits per heavy atom. The molecule has 1 heterocycles. The second kappa shape index (κ2) is 51.4. The normalized spacial score (nSPS) is 8.82. The first kappa shape index (κ1) is 66.4. The Balaban J connectivity index is -0.000000364. The molecule has 0 amide bonds. The molecule has 7 rings (SSSR count). The fraction of sp³-hybridized carbons (Fsp3) is 0.250. The number of fused-ring (bicyclic) bond motifs is 1. The first-order valence-corrected chi connectivity index (χ1v) is 23.6. The van der Waals surface area contributed by atoms with Crippen molar-refractivity contribution in [3.05, 3.63) is 227 Å². The maximum Gasteiger partial charge on any atom is 0.336 e. The molecule has 0 atom stereocenters. The van der Waals surface area contributed by atoms with E-state index in [0.29, 0.717) is 5.58 Å². The number of carbonyl (C=O) groups excluding carboxylic acids is 2. The minimum absolute atomic E-state index is 0.0319. The number of carbonyl (C=O) groups is 2. The molecular formula is C60H80N2O5. The minimum atomic E-state index is -0.334. The lowest BCUT2D eigenvalue weighted by Crippen LogP contribution is -1.93. The van der Waals surface area contributed by atoms with E-state index in [-0.39, 0.29) is 17.4 Å². The molecular weight excluding hydrogens is 829 g/mol. The summed E-state index contributed by atoms with van der Waals surface area (Å²) in [7, 11) is 1.36. The van der Waals surface area contributed by atoms with Gasteiger partial charge in [-0.1, -0.05) is 249 Å². The van der Waals surface area contributed by atoms with Gasteiger partial charge in [0.05, 0.1) is 18.5 Å². The van der Waals surface area contributed by atoms with Gasteiger partial charge in [0.1, 0.15) is 5.58 Å². The molecule has 1 aromatic heterocycles. The van der Waals surface area contributed by atoms with Gasteiger partial charge in [0, 0.05) is 23.1 Å². The van der Waals surface area contributed by atoms with E-state index in [1.807, 2.05) is 273 Å². The van der Waals surface area contributed by atoms with Crippen molar-refractivity contribution in [3.63, 3.8) is 0 Å². The number of para-hydroxylation sites is 1. The van der Waals surface area contributed by atoms with E-state index < -0.39 is 0 Å². The Hall–Kier alpha value is -7.25. The monoisotopic (exact) mass is 909 g/mol. The number of nitrogens with zero attached hydrogens (tertiary/aromatic N) is 2. The number of ether oxygens (including phenoxy) is 1. The van der Waals surface area contributed by atoms with Crippen LogP contribution >= 0.6 is 0 Å². The highest BCUT2D eigenvalue weighted by Gasteiger charge is 1.99. The molecule has 0 unspecified atom stereocenters. The molecule has 6 aromatic carbocycles. The Kier molecular flexibility index (Phi) is 50.9. The number of hydrogen-bond donors (Lipinski definition) is 0. The highest BCUT2D eigenvalue weighted by molar-refractivity contribution is 6.06. The van der Waals surface area contributed by atoms with Crippen molar-refractivity contribution in [1.82, 2.24) is 0 Å². The van der Waals surface area contributed by atoms with Crippen LogP contribution in [0.4, 0.5) is 11.4 Å². The summed E-state index contributed by atoms with van der Waals surface area (Å²) in [5.74, 6) is -0.302. The number of rotatable bonds is 7. The summed E-state index contributed by atoms with van der Waals surface area (Å²) >= 11 is 0. The lowest BCUT2D eigenvalue weighted by Gasteiger charge is -1.94. The summed E-state index contributed by atoms with van der Waals surface area (Å²) in [5.41, 5.74) is 4.82. The van der Waals surface area contributed by atoms with Gasteiger partial charge >= 0.3 is 11.6 Å². The van der Waals surface area contributed by atoms with Crippen LogP contribution in [0.25, 0.3) is 23.1 Å². The Morgan fingerprint density at radius 1 is 0.418 bits per heavy atom. The van der Waals surface area contributed by atoms with Crippen LogP contribution in [-0.4, -0.2) is 18.9 Å². The molecule has 0 bridgehead atoms. The predicted octanol–water partition coefficient (Wildman–Crippen LogP) is 18.5. The van der Waals surface area contributed by atoms with Crippen LogP contribution in [0, 0.1) is 0 Å². The van der Waals surface area contributed by atoms with Gasteiger partial charge in [-0.25, -0.2) is 9.59 Å². The number of allylic oxidation sites excluding steroid dienone is 1. The number of ketones is 1. The molecule has 7 heteroatoms. The molecule has 7 nitrogen and oxygen atoms in total. The number of benzene rings is 6. The summed E-state index contributed by atoms with van der Waals surface area (Å²) in [6.07, 6.45) is 6.54. The van der Waals surface area contributed by atoms with E-state index in [9.17, 15) is 14.4 Å². The predicted molar refractivity (Wildman–Crippen MR) is 293 cm³/mol. The fourth-order valence-corrected chi connectivity index (χ4v) is 4.35. The first-order valence-electron chi connectivity index (χ1n) is 23.6. The standard InChI is InChI=1S/C15H12O.C12H10N2.C10H10O2.C9H6O2.7C2H6/c16-15(14-9-5-2-6-10-14)12-11-13-7-3-1-4-8-13;1-3-7-11(8-4-1)13-14-12-9-5-2-6-10-12;1-12-10(11)8-7-9-5-3-2-4-6-9;10-9-6-5-7-3-1-2-4-8(7)11-9;7*1-2/h1-12H;1-10H;2-8H,1H3;1-6H;7*1-2H3/b12-11+;;8-7+;;;;;;;;. The number of methoxy groups -OCH3 is 1. The van der Waals surface area contributed by atoms with Gasteiger partial charge < -0.3 is 9.15 Å². The van der Waals surface area contributed by atoms with E-state index in [0.717, 1.165) is 33.5 Å². The van der Waals surface area contributed by atoms with Crippen LogP contribution in [0.2, 0.25) is 0 Å². The highest BCUT2D eigenvalue weighted by Crippen LogP contribution is 2.16. The molecule has 0 N–H and O–H groups in total. The van der Waals surface area contributed by atoms with Crippen molar-refractivity contribution in [3.8, 4) is 0 Å². The average molecular weight is 909 g/mol. The highest BCUT2D eigenvalue weighted by atomic mass is 16.5. The molecule has 0 saturated carbocycles. The molecule has 0 saturated heterocycles. The van der Waals surface area contributed by atoms with E-state index in [2.05, 4.69) is 15.0 Å². The second-order valence-corrected chi connectivity index (χ2v) is 10.9. The third-order valence-electron chi connectivity index (χ3n) is 7.02. The zero-order valence-corrected chi connectivity index (χ0v) is 43.1. The summed E-state index contributed by atoms with van der Waals surface area (Å²) < 4.78 is 9.35. The largest absolute Gasteiger partial charge is 0.466 e. The van der Waals surface area contributed by atoms with Crippen molar-refractivity contribution in [1.29, 1.82) is 0 Å². The van der Waals surface area contributed by atoms with Gasteiger partial charge in [0.2, 0.25) is 0 Å². The van der Waals surface area contributed by atoms with E-state index in [1.165, 1.54) is 19.3 Å². The van der Waals surface area contributed by atoms with Crippen LogP contribution in [-0.2, 0) is 9.53 Å². The summed E-state index contributed by atoms with van der Waals surface area (Å²) in [6, 6.07) is 58.6. The minimum Gasteiger partial charge on any atom is -0.466 e. The van der Waals surface area contributed by atoms with Crippen molar-refractivity contribution in [2.24, 2.45) is 10.2 Å². The molecule has 7 aromatic rings. The number of hydrogen-bond acceptors (Lipinski definition) is 7. The lowest BCUT2D eigenvalue weighted by atomic mass is 10.1. The van der Waals surface area contributed by atoms with Gasteiger partial charge in [-0.2, -0.15) is 10.2 Å². The molecule has 0 aliphatic rings. The van der Waals surface area contributed by atoms with E-state index in [4.69, 9.17) is 4.42 Å². The first-order chi connectivity index (χ1) is 33.0. The summed E-state index contributed by atoms with van der Waals surface area (Å²) in [4.78, 5) is 33.1. The summed E-state index contributed by atoms with van der Waals surface area (Å²) in [6.45, 7) is 28.0. The quantitative estimate of drug-likeness (QED) is 0.0521. The fourth-order valence-electron chi connectivity index (χ4n) is 4.35. The Labute approximate surface area is 405 Å². The van der Waals surface area contributed by atoms with Crippen LogP contribution in [0.1, 0.15) is 118 Å². The van der Waals surface area contributed by atoms with Gasteiger partial charge in [0.25, 0.3) is 0 Å². The molecule has 0 aliphatic heterocycles.